The Bertz CT molecular complexity index is 325. The maximum Gasteiger partial charge on any atom is 0.208 e. The smallest absolute Gasteiger partial charge is 0.208 e. The second-order valence-electron chi connectivity index (χ2n) is 7.75. The third kappa shape index (κ3) is 4.08. The first-order chi connectivity index (χ1) is 10.3. The van der Waals surface area contributed by atoms with Crippen LogP contribution in [-0.2, 0) is 0 Å². The summed E-state index contributed by atoms with van der Waals surface area (Å²) >= 11 is 0. The Kier molecular flexibility index (Phi) is 5.75. The molecule has 3 aliphatic rings. The van der Waals surface area contributed by atoms with E-state index in [4.69, 9.17) is 0 Å². The van der Waals surface area contributed by atoms with Gasteiger partial charge in [-0.3, -0.25) is 0 Å². The average molecular weight is 287 g/mol. The van der Waals surface area contributed by atoms with E-state index in [2.05, 4.69) is 28.3 Å². The molecule has 0 amide bonds. The molecule has 3 saturated heterocycles. The first-order valence-corrected chi connectivity index (χ1v) is 9.45. The highest BCUT2D eigenvalue weighted by molar-refractivity contribution is 6.38. The van der Waals surface area contributed by atoms with Gasteiger partial charge in [0, 0.05) is 0 Å². The highest BCUT2D eigenvalue weighted by Crippen LogP contribution is 2.31. The van der Waals surface area contributed by atoms with Crippen LogP contribution in [0.5, 0.6) is 0 Å². The van der Waals surface area contributed by atoms with E-state index in [1.54, 1.807) is 0 Å². The van der Waals surface area contributed by atoms with Gasteiger partial charge in [-0.05, 0) is 76.1 Å². The molecule has 3 rings (SSSR count). The van der Waals surface area contributed by atoms with Crippen LogP contribution in [0.3, 0.4) is 0 Å². The first-order valence-electron chi connectivity index (χ1n) is 9.45. The summed E-state index contributed by atoms with van der Waals surface area (Å²) in [6.45, 7) is 11.5. The summed E-state index contributed by atoms with van der Waals surface area (Å²) in [6, 6.07) is 0.801. The van der Waals surface area contributed by atoms with E-state index in [0.717, 1.165) is 17.7 Å². The molecule has 3 heterocycles. The Hall–Kier alpha value is 0.0748. The summed E-state index contributed by atoms with van der Waals surface area (Å²) in [7, 11) is 4.07. The lowest BCUT2D eigenvalue weighted by atomic mass is 9.68. The molecule has 3 unspecified atom stereocenters. The summed E-state index contributed by atoms with van der Waals surface area (Å²) in [5.74, 6) is 1.86. The lowest BCUT2D eigenvalue weighted by molar-refractivity contribution is 0.352. The summed E-state index contributed by atoms with van der Waals surface area (Å²) < 4.78 is 0. The second-order valence-corrected chi connectivity index (χ2v) is 7.75. The lowest BCUT2D eigenvalue weighted by Crippen LogP contribution is -2.39. The maximum atomic E-state index is 2.81. The first kappa shape index (κ1) is 16.0. The van der Waals surface area contributed by atoms with Crippen molar-refractivity contribution in [1.82, 2.24) is 14.4 Å². The Morgan fingerprint density at radius 2 is 2.00 bits per heavy atom. The Morgan fingerprint density at radius 3 is 2.76 bits per heavy atom. The van der Waals surface area contributed by atoms with Gasteiger partial charge in [-0.1, -0.05) is 20.2 Å². The van der Waals surface area contributed by atoms with Crippen LogP contribution < -0.4 is 0 Å². The molecule has 0 aromatic carbocycles. The fourth-order valence-electron chi connectivity index (χ4n) is 4.79. The molecule has 3 atom stereocenters. The van der Waals surface area contributed by atoms with E-state index in [-0.39, 0.29) is 0 Å². The van der Waals surface area contributed by atoms with Crippen molar-refractivity contribution in [3.8, 4) is 0 Å². The van der Waals surface area contributed by atoms with Crippen LogP contribution in [0.4, 0.5) is 0 Å². The minimum absolute atomic E-state index is 0.801. The highest BCUT2D eigenvalue weighted by Gasteiger charge is 2.35. The van der Waals surface area contributed by atoms with Crippen molar-refractivity contribution in [3.05, 3.63) is 0 Å². The predicted octanol–water partition coefficient (Wildman–Crippen LogP) is 0.952. The molecule has 0 saturated carbocycles. The van der Waals surface area contributed by atoms with Gasteiger partial charge in [0.15, 0.2) is 0 Å². The zero-order valence-corrected chi connectivity index (χ0v) is 14.3. The van der Waals surface area contributed by atoms with Crippen molar-refractivity contribution in [3.63, 3.8) is 0 Å². The molecule has 6 heteroatoms. The van der Waals surface area contributed by atoms with Gasteiger partial charge in [0.1, 0.15) is 0 Å². The molecule has 0 radical (unpaired) electrons. The molecule has 3 nitrogen and oxygen atoms in total. The zero-order chi connectivity index (χ0) is 14.7. The van der Waals surface area contributed by atoms with E-state index < -0.39 is 0 Å². The maximum absolute atomic E-state index is 2.81. The Labute approximate surface area is 133 Å². The third-order valence-corrected chi connectivity index (χ3v) is 6.14. The normalized spacial score (nSPS) is 32.9. The lowest BCUT2D eigenvalue weighted by Gasteiger charge is -2.29. The fourth-order valence-corrected chi connectivity index (χ4v) is 4.79. The van der Waals surface area contributed by atoms with Crippen LogP contribution in [0.25, 0.3) is 0 Å². The molecule has 21 heavy (non-hydrogen) atoms. The quantitative estimate of drug-likeness (QED) is 0.673. The molecule has 0 aromatic heterocycles. The monoisotopic (exact) mass is 287 g/mol. The van der Waals surface area contributed by atoms with Crippen LogP contribution >= 0.6 is 0 Å². The number of hydrogen-bond donors (Lipinski definition) is 0. The van der Waals surface area contributed by atoms with Gasteiger partial charge in [0.05, 0.1) is 0 Å². The SMILES string of the molecule is CCCN1BC(C(C)N2BC(CN3BCCC3)CC2)CC1. The fraction of sp³-hybridized carbons (Fsp3) is 1.00. The molecule has 0 aromatic rings. The van der Waals surface area contributed by atoms with E-state index in [1.165, 1.54) is 87.0 Å². The van der Waals surface area contributed by atoms with E-state index in [9.17, 15) is 0 Å². The zero-order valence-electron chi connectivity index (χ0n) is 14.3. The number of nitrogens with zero attached hydrogens (tertiary/aromatic N) is 3. The number of rotatable bonds is 6. The molecule has 0 N–H and O–H groups in total. The summed E-state index contributed by atoms with van der Waals surface area (Å²) in [4.78, 5) is 8.19. The van der Waals surface area contributed by atoms with E-state index in [0.29, 0.717) is 0 Å². The summed E-state index contributed by atoms with van der Waals surface area (Å²) in [5, 5.41) is 0. The van der Waals surface area contributed by atoms with Crippen molar-refractivity contribution >= 4 is 22.2 Å². The van der Waals surface area contributed by atoms with Crippen molar-refractivity contribution in [1.29, 1.82) is 0 Å². The Morgan fingerprint density at radius 1 is 1.10 bits per heavy atom. The minimum atomic E-state index is 0.801. The van der Waals surface area contributed by atoms with Gasteiger partial charge in [0.2, 0.25) is 22.2 Å². The van der Waals surface area contributed by atoms with Crippen LogP contribution in [0, 0.1) is 0 Å². The van der Waals surface area contributed by atoms with Crippen LogP contribution in [0.1, 0.15) is 39.5 Å². The predicted molar refractivity (Wildman–Crippen MR) is 97.2 cm³/mol. The molecule has 3 fully saturated rings. The molecular weight excluding hydrogens is 255 g/mol. The number of hydrogen-bond acceptors (Lipinski definition) is 3. The second kappa shape index (κ2) is 7.56. The van der Waals surface area contributed by atoms with E-state index in [1.807, 2.05) is 0 Å². The van der Waals surface area contributed by atoms with Gasteiger partial charge in [0.25, 0.3) is 0 Å². The molecule has 116 valence electrons. The van der Waals surface area contributed by atoms with Crippen molar-refractivity contribution < 1.29 is 0 Å². The third-order valence-electron chi connectivity index (χ3n) is 6.14. The van der Waals surface area contributed by atoms with Gasteiger partial charge in [-0.15, -0.1) is 0 Å². The minimum Gasteiger partial charge on any atom is -0.345 e. The van der Waals surface area contributed by atoms with Crippen LogP contribution in [0.15, 0.2) is 0 Å². The summed E-state index contributed by atoms with van der Waals surface area (Å²) in [6.07, 6.45) is 7.04. The van der Waals surface area contributed by atoms with Crippen molar-refractivity contribution in [2.45, 2.75) is 63.5 Å². The molecule has 0 bridgehead atoms. The van der Waals surface area contributed by atoms with Crippen molar-refractivity contribution in [2.24, 2.45) is 0 Å². The van der Waals surface area contributed by atoms with Crippen LogP contribution in [-0.4, -0.2) is 75.4 Å². The van der Waals surface area contributed by atoms with Gasteiger partial charge in [-0.2, -0.15) is 0 Å². The van der Waals surface area contributed by atoms with Gasteiger partial charge in [-0.25, -0.2) is 0 Å². The molecular formula is C15H32B3N3. The molecule has 0 spiro atoms. The standard InChI is InChI=1S/C15H32B3N3/c1-3-8-19-10-6-15(18-19)13(2)21-11-5-14(17-21)12-20-9-4-7-16-20/h13-18H,3-12H2,1-2H3. The summed E-state index contributed by atoms with van der Waals surface area (Å²) in [5.41, 5.74) is 0. The average Bonchev–Trinajstić information content (AvgIpc) is 3.20. The molecule has 0 aliphatic carbocycles. The Balaban J connectivity index is 1.42. The van der Waals surface area contributed by atoms with Gasteiger partial charge >= 0.3 is 0 Å². The largest absolute Gasteiger partial charge is 0.345 e. The van der Waals surface area contributed by atoms with E-state index >= 15 is 0 Å². The highest BCUT2D eigenvalue weighted by atomic mass is 15.1. The van der Waals surface area contributed by atoms with Gasteiger partial charge < -0.3 is 14.4 Å². The van der Waals surface area contributed by atoms with Crippen molar-refractivity contribution in [2.75, 3.05) is 32.7 Å². The topological polar surface area (TPSA) is 9.72 Å². The molecule has 3 aliphatic heterocycles. The van der Waals surface area contributed by atoms with Crippen LogP contribution in [0.2, 0.25) is 18.0 Å².